The number of hydrogen-bond acceptors (Lipinski definition) is 4. The van der Waals surface area contributed by atoms with Gasteiger partial charge in [-0.2, -0.15) is 0 Å². The number of carbonyl (C=O) groups excluding carboxylic acids is 1. The van der Waals surface area contributed by atoms with Crippen LogP contribution in [0.1, 0.15) is 10.4 Å². The fourth-order valence-electron chi connectivity index (χ4n) is 2.84. The molecule has 1 N–H and O–H groups in total. The third-order valence-electron chi connectivity index (χ3n) is 3.99. The van der Waals surface area contributed by atoms with Crippen molar-refractivity contribution in [2.24, 2.45) is 0 Å². The summed E-state index contributed by atoms with van der Waals surface area (Å²) in [5.41, 5.74) is 2.21. The smallest absolute Gasteiger partial charge is 0.339 e. The van der Waals surface area contributed by atoms with Crippen LogP contribution in [0.4, 0.5) is 11.4 Å². The van der Waals surface area contributed by atoms with E-state index in [9.17, 15) is 4.79 Å². The van der Waals surface area contributed by atoms with E-state index < -0.39 is 0 Å². The predicted octanol–water partition coefficient (Wildman–Crippen LogP) is 5.58. The molecule has 3 aromatic carbocycles. The fraction of sp³-hybridized carbons (Fsp3) is 0.0500. The van der Waals surface area contributed by atoms with Gasteiger partial charge in [0.2, 0.25) is 0 Å². The van der Waals surface area contributed by atoms with E-state index in [0.717, 1.165) is 11.4 Å². The maximum atomic E-state index is 11.9. The Labute approximate surface area is 143 Å². The van der Waals surface area contributed by atoms with Crippen molar-refractivity contribution in [1.29, 1.82) is 0 Å². The molecule has 0 amide bonds. The zero-order chi connectivity index (χ0) is 16.5. The number of para-hydroxylation sites is 1. The number of hydrogen-bond donors (Lipinski definition) is 1. The van der Waals surface area contributed by atoms with E-state index in [2.05, 4.69) is 41.7 Å². The van der Waals surface area contributed by atoms with Gasteiger partial charge >= 0.3 is 5.97 Å². The standard InChI is InChI=1S/C20H15NO2S/c1-23-20(22)15-7-2-4-8-17(15)21-13-10-11-19-16(12-13)14-6-3-5-9-18(14)24-19/h2-12,21H,1H3. The monoisotopic (exact) mass is 333 g/mol. The second-order valence-corrected chi connectivity index (χ2v) is 6.56. The third-order valence-corrected chi connectivity index (χ3v) is 5.14. The van der Waals surface area contributed by atoms with Crippen molar-refractivity contribution in [2.75, 3.05) is 12.4 Å². The zero-order valence-electron chi connectivity index (χ0n) is 13.1. The molecule has 1 aromatic heterocycles. The van der Waals surface area contributed by atoms with E-state index in [-0.39, 0.29) is 5.97 Å². The van der Waals surface area contributed by atoms with Gasteiger partial charge in [0, 0.05) is 25.9 Å². The van der Waals surface area contributed by atoms with Crippen LogP contribution in [0.15, 0.2) is 66.7 Å². The number of thiophene rings is 1. The Hall–Kier alpha value is -2.85. The van der Waals surface area contributed by atoms with E-state index in [1.165, 1.54) is 27.3 Å². The number of nitrogens with one attached hydrogen (secondary N) is 1. The number of carbonyl (C=O) groups is 1. The summed E-state index contributed by atoms with van der Waals surface area (Å²) in [6.45, 7) is 0. The Kier molecular flexibility index (Phi) is 3.67. The zero-order valence-corrected chi connectivity index (χ0v) is 13.9. The van der Waals surface area contributed by atoms with Crippen LogP contribution >= 0.6 is 11.3 Å². The molecular weight excluding hydrogens is 318 g/mol. The third kappa shape index (κ3) is 2.51. The number of esters is 1. The average molecular weight is 333 g/mol. The van der Waals surface area contributed by atoms with Crippen molar-refractivity contribution in [3.63, 3.8) is 0 Å². The average Bonchev–Trinajstić information content (AvgIpc) is 2.99. The highest BCUT2D eigenvalue weighted by Gasteiger charge is 2.12. The summed E-state index contributed by atoms with van der Waals surface area (Å²) >= 11 is 1.79. The summed E-state index contributed by atoms with van der Waals surface area (Å²) in [5, 5.41) is 5.81. The van der Waals surface area contributed by atoms with Gasteiger partial charge in [-0.1, -0.05) is 30.3 Å². The van der Waals surface area contributed by atoms with Crippen LogP contribution in [-0.2, 0) is 4.74 Å². The Bertz CT molecular complexity index is 1050. The molecule has 0 unspecified atom stereocenters. The lowest BCUT2D eigenvalue weighted by atomic mass is 10.1. The van der Waals surface area contributed by atoms with Gasteiger partial charge in [0.1, 0.15) is 0 Å². The highest BCUT2D eigenvalue weighted by Crippen LogP contribution is 2.35. The first-order valence-electron chi connectivity index (χ1n) is 7.62. The lowest BCUT2D eigenvalue weighted by Gasteiger charge is -2.10. The number of methoxy groups -OCH3 is 1. The lowest BCUT2D eigenvalue weighted by Crippen LogP contribution is -2.05. The number of benzene rings is 3. The summed E-state index contributed by atoms with van der Waals surface area (Å²) in [6, 6.07) is 22.0. The second kappa shape index (κ2) is 5.98. The molecule has 1 heterocycles. The molecule has 24 heavy (non-hydrogen) atoms. The van der Waals surface area contributed by atoms with Gasteiger partial charge in [-0.05, 0) is 36.4 Å². The van der Waals surface area contributed by atoms with Gasteiger partial charge in [-0.25, -0.2) is 4.79 Å². The summed E-state index contributed by atoms with van der Waals surface area (Å²) < 4.78 is 7.38. The summed E-state index contributed by atoms with van der Waals surface area (Å²) in [6.07, 6.45) is 0. The minimum atomic E-state index is -0.347. The highest BCUT2D eigenvalue weighted by atomic mass is 32.1. The van der Waals surface area contributed by atoms with E-state index in [4.69, 9.17) is 4.74 Å². The quantitative estimate of drug-likeness (QED) is 0.497. The molecule has 4 rings (SSSR count). The molecule has 0 fully saturated rings. The molecule has 0 saturated carbocycles. The topological polar surface area (TPSA) is 38.3 Å². The van der Waals surface area contributed by atoms with Gasteiger partial charge < -0.3 is 10.1 Å². The van der Waals surface area contributed by atoms with Crippen molar-refractivity contribution in [3.8, 4) is 0 Å². The van der Waals surface area contributed by atoms with Crippen molar-refractivity contribution < 1.29 is 9.53 Å². The van der Waals surface area contributed by atoms with Gasteiger partial charge in [-0.15, -0.1) is 11.3 Å². The van der Waals surface area contributed by atoms with Gasteiger partial charge in [0.15, 0.2) is 0 Å². The molecule has 3 nitrogen and oxygen atoms in total. The van der Waals surface area contributed by atoms with E-state index >= 15 is 0 Å². The first-order chi connectivity index (χ1) is 11.8. The van der Waals surface area contributed by atoms with Crippen LogP contribution in [0.3, 0.4) is 0 Å². The minimum Gasteiger partial charge on any atom is -0.465 e. The van der Waals surface area contributed by atoms with Crippen LogP contribution < -0.4 is 5.32 Å². The van der Waals surface area contributed by atoms with E-state index in [0.29, 0.717) is 5.56 Å². The molecule has 0 saturated heterocycles. The van der Waals surface area contributed by atoms with Gasteiger partial charge in [0.25, 0.3) is 0 Å². The summed E-state index contributed by atoms with van der Waals surface area (Å²) in [5.74, 6) is -0.347. The number of rotatable bonds is 3. The first kappa shape index (κ1) is 14.7. The molecular formula is C20H15NO2S. The van der Waals surface area contributed by atoms with Crippen LogP contribution in [-0.4, -0.2) is 13.1 Å². The van der Waals surface area contributed by atoms with Crippen LogP contribution in [0.5, 0.6) is 0 Å². The highest BCUT2D eigenvalue weighted by molar-refractivity contribution is 7.25. The molecule has 0 aliphatic carbocycles. The molecule has 0 atom stereocenters. The van der Waals surface area contributed by atoms with Crippen LogP contribution in [0.2, 0.25) is 0 Å². The number of anilines is 2. The van der Waals surface area contributed by atoms with Crippen molar-refractivity contribution >= 4 is 48.9 Å². The van der Waals surface area contributed by atoms with Crippen molar-refractivity contribution in [3.05, 3.63) is 72.3 Å². The van der Waals surface area contributed by atoms with Crippen molar-refractivity contribution in [2.45, 2.75) is 0 Å². The summed E-state index contributed by atoms with van der Waals surface area (Å²) in [7, 11) is 1.39. The molecule has 0 radical (unpaired) electrons. The van der Waals surface area contributed by atoms with Crippen molar-refractivity contribution in [1.82, 2.24) is 0 Å². The largest absolute Gasteiger partial charge is 0.465 e. The molecule has 0 aliphatic heterocycles. The minimum absolute atomic E-state index is 0.347. The van der Waals surface area contributed by atoms with Gasteiger partial charge in [-0.3, -0.25) is 0 Å². The van der Waals surface area contributed by atoms with E-state index in [1.54, 1.807) is 17.4 Å². The molecule has 118 valence electrons. The maximum absolute atomic E-state index is 11.9. The Morgan fingerprint density at radius 1 is 0.917 bits per heavy atom. The van der Waals surface area contributed by atoms with Crippen LogP contribution in [0.25, 0.3) is 20.2 Å². The normalized spacial score (nSPS) is 10.9. The Balaban J connectivity index is 1.78. The SMILES string of the molecule is COC(=O)c1ccccc1Nc1ccc2sc3ccccc3c2c1. The summed E-state index contributed by atoms with van der Waals surface area (Å²) in [4.78, 5) is 11.9. The molecule has 0 aliphatic rings. The second-order valence-electron chi connectivity index (χ2n) is 5.47. The molecule has 4 heteroatoms. The fourth-order valence-corrected chi connectivity index (χ4v) is 3.93. The van der Waals surface area contributed by atoms with Gasteiger partial charge in [0.05, 0.1) is 18.4 Å². The van der Waals surface area contributed by atoms with E-state index in [1.807, 2.05) is 24.3 Å². The molecule has 4 aromatic rings. The van der Waals surface area contributed by atoms with Crippen LogP contribution in [0, 0.1) is 0 Å². The first-order valence-corrected chi connectivity index (χ1v) is 8.43. The maximum Gasteiger partial charge on any atom is 0.339 e. The number of fused-ring (bicyclic) bond motifs is 3. The number of ether oxygens (including phenoxy) is 1. The molecule has 0 spiro atoms. The Morgan fingerprint density at radius 3 is 2.54 bits per heavy atom. The molecule has 0 bridgehead atoms. The predicted molar refractivity (Wildman–Crippen MR) is 100 cm³/mol. The lowest BCUT2D eigenvalue weighted by molar-refractivity contribution is 0.0602. The Morgan fingerprint density at radius 2 is 1.67 bits per heavy atom.